The van der Waals surface area contributed by atoms with Crippen molar-refractivity contribution in [3.63, 3.8) is 0 Å². The fourth-order valence-corrected chi connectivity index (χ4v) is 4.33. The van der Waals surface area contributed by atoms with Crippen LogP contribution in [0.3, 0.4) is 0 Å². The van der Waals surface area contributed by atoms with Crippen molar-refractivity contribution in [1.29, 1.82) is 0 Å². The number of para-hydroxylation sites is 2. The molecule has 1 atom stereocenters. The number of nitrogens with two attached hydrogens (primary N) is 2. The summed E-state index contributed by atoms with van der Waals surface area (Å²) in [7, 11) is 0. The molecule has 0 fully saturated rings. The Morgan fingerprint density at radius 1 is 0.444 bits per heavy atom. The summed E-state index contributed by atoms with van der Waals surface area (Å²) in [6.45, 7) is 0. The van der Waals surface area contributed by atoms with Crippen molar-refractivity contribution in [2.45, 2.75) is 5.92 Å². The number of anilines is 2. The minimum absolute atomic E-state index is 0.105. The molecule has 2 nitrogen and oxygen atoms in total. The van der Waals surface area contributed by atoms with Gasteiger partial charge in [0, 0.05) is 22.9 Å². The molecule has 0 saturated carbocycles. The summed E-state index contributed by atoms with van der Waals surface area (Å²) in [6, 6.07) is 31.4. The Kier molecular flexibility index (Phi) is 3.51. The van der Waals surface area contributed by atoms with E-state index in [-0.39, 0.29) is 5.92 Å². The second-order valence-corrected chi connectivity index (χ2v) is 7.00. The summed E-state index contributed by atoms with van der Waals surface area (Å²) in [4.78, 5) is 0. The van der Waals surface area contributed by atoms with E-state index in [1.165, 1.54) is 27.8 Å². The van der Waals surface area contributed by atoms with Gasteiger partial charge in [-0.3, -0.25) is 0 Å². The lowest BCUT2D eigenvalue weighted by atomic mass is 9.84. The second kappa shape index (κ2) is 6.03. The van der Waals surface area contributed by atoms with Crippen LogP contribution in [0.15, 0.2) is 91.0 Å². The van der Waals surface area contributed by atoms with Crippen LogP contribution in [0.25, 0.3) is 22.3 Å². The van der Waals surface area contributed by atoms with Crippen LogP contribution in [0, 0.1) is 0 Å². The molecule has 0 amide bonds. The van der Waals surface area contributed by atoms with E-state index in [2.05, 4.69) is 60.7 Å². The van der Waals surface area contributed by atoms with Gasteiger partial charge in [0.25, 0.3) is 0 Å². The molecule has 0 heterocycles. The van der Waals surface area contributed by atoms with Gasteiger partial charge in [0.05, 0.1) is 0 Å². The molecule has 0 saturated heterocycles. The Hall–Kier alpha value is -3.52. The Balaban J connectivity index is 1.86. The predicted molar refractivity (Wildman–Crippen MR) is 114 cm³/mol. The molecule has 27 heavy (non-hydrogen) atoms. The van der Waals surface area contributed by atoms with Gasteiger partial charge in [-0.15, -0.1) is 0 Å². The van der Waals surface area contributed by atoms with Crippen LogP contribution in [0.5, 0.6) is 0 Å². The van der Waals surface area contributed by atoms with Gasteiger partial charge in [-0.05, 0) is 45.5 Å². The molecule has 0 bridgehead atoms. The third kappa shape index (κ3) is 2.34. The molecule has 5 rings (SSSR count). The fourth-order valence-electron chi connectivity index (χ4n) is 4.33. The fraction of sp³-hybridized carbons (Fsp3) is 0.0400. The maximum absolute atomic E-state index is 6.41. The van der Waals surface area contributed by atoms with E-state index in [0.717, 1.165) is 22.5 Å². The minimum Gasteiger partial charge on any atom is -0.398 e. The van der Waals surface area contributed by atoms with Crippen LogP contribution in [0.1, 0.15) is 22.6 Å². The Morgan fingerprint density at radius 3 is 1.67 bits per heavy atom. The van der Waals surface area contributed by atoms with E-state index in [0.29, 0.717) is 0 Å². The van der Waals surface area contributed by atoms with E-state index in [1.54, 1.807) is 0 Å². The topological polar surface area (TPSA) is 52.0 Å². The molecule has 4 N–H and O–H groups in total. The smallest absolute Gasteiger partial charge is 0.0393 e. The van der Waals surface area contributed by atoms with Crippen molar-refractivity contribution in [1.82, 2.24) is 0 Å². The average molecular weight is 348 g/mol. The first-order valence-electron chi connectivity index (χ1n) is 9.17. The standard InChI is InChI=1S/C25H20N2/c26-22-14-5-3-9-17(22)20-13-7-12-19-16-8-1-2-10-18(16)25(24(19)20)21-11-4-6-15-23(21)27/h1-15,25H,26-27H2. The predicted octanol–water partition coefficient (Wildman–Crippen LogP) is 5.68. The first-order valence-corrected chi connectivity index (χ1v) is 9.17. The van der Waals surface area contributed by atoms with Gasteiger partial charge in [0.1, 0.15) is 0 Å². The zero-order valence-electron chi connectivity index (χ0n) is 14.9. The van der Waals surface area contributed by atoms with Gasteiger partial charge >= 0.3 is 0 Å². The summed E-state index contributed by atoms with van der Waals surface area (Å²) in [5.74, 6) is 0.105. The Labute approximate surface area is 159 Å². The highest BCUT2D eigenvalue weighted by Gasteiger charge is 2.33. The summed E-state index contributed by atoms with van der Waals surface area (Å²) in [6.07, 6.45) is 0. The lowest BCUT2D eigenvalue weighted by Gasteiger charge is -2.20. The van der Waals surface area contributed by atoms with Crippen LogP contribution in [0.2, 0.25) is 0 Å². The van der Waals surface area contributed by atoms with E-state index in [9.17, 15) is 0 Å². The van der Waals surface area contributed by atoms with Crippen LogP contribution in [-0.2, 0) is 0 Å². The van der Waals surface area contributed by atoms with Crippen molar-refractivity contribution >= 4 is 11.4 Å². The van der Waals surface area contributed by atoms with E-state index >= 15 is 0 Å². The normalized spacial score (nSPS) is 14.6. The second-order valence-electron chi connectivity index (χ2n) is 7.00. The molecule has 4 aromatic rings. The molecule has 2 heteroatoms. The molecule has 0 aromatic heterocycles. The summed E-state index contributed by atoms with van der Waals surface area (Å²) < 4.78 is 0. The van der Waals surface area contributed by atoms with E-state index < -0.39 is 0 Å². The average Bonchev–Trinajstić information content (AvgIpc) is 3.04. The summed E-state index contributed by atoms with van der Waals surface area (Å²) in [5.41, 5.74) is 22.9. The van der Waals surface area contributed by atoms with Crippen molar-refractivity contribution in [2.24, 2.45) is 0 Å². The zero-order chi connectivity index (χ0) is 18.4. The first-order chi connectivity index (χ1) is 13.3. The van der Waals surface area contributed by atoms with Gasteiger partial charge in [0.2, 0.25) is 0 Å². The molecule has 0 spiro atoms. The van der Waals surface area contributed by atoms with Gasteiger partial charge in [-0.1, -0.05) is 78.9 Å². The van der Waals surface area contributed by atoms with Gasteiger partial charge in [0.15, 0.2) is 0 Å². The van der Waals surface area contributed by atoms with Crippen molar-refractivity contribution in [2.75, 3.05) is 11.5 Å². The molecular weight excluding hydrogens is 328 g/mol. The Bertz CT molecular complexity index is 1160. The SMILES string of the molecule is Nc1ccccc1-c1cccc2c1C(c1ccccc1N)c1ccccc1-2. The number of nitrogen functional groups attached to an aromatic ring is 2. The highest BCUT2D eigenvalue weighted by Crippen LogP contribution is 2.52. The first kappa shape index (κ1) is 15.7. The molecule has 4 aromatic carbocycles. The van der Waals surface area contributed by atoms with Crippen LogP contribution in [-0.4, -0.2) is 0 Å². The van der Waals surface area contributed by atoms with Crippen molar-refractivity contribution < 1.29 is 0 Å². The molecule has 0 aliphatic heterocycles. The lowest BCUT2D eigenvalue weighted by Crippen LogP contribution is -2.05. The maximum Gasteiger partial charge on any atom is 0.0393 e. The maximum atomic E-state index is 6.41. The summed E-state index contributed by atoms with van der Waals surface area (Å²) in [5, 5.41) is 0. The molecule has 0 radical (unpaired) electrons. The number of hydrogen-bond donors (Lipinski definition) is 2. The molecule has 130 valence electrons. The third-order valence-corrected chi connectivity index (χ3v) is 5.51. The number of benzene rings is 4. The van der Waals surface area contributed by atoms with Gasteiger partial charge in [-0.25, -0.2) is 0 Å². The minimum atomic E-state index is 0.105. The molecule has 1 aliphatic rings. The summed E-state index contributed by atoms with van der Waals surface area (Å²) >= 11 is 0. The largest absolute Gasteiger partial charge is 0.398 e. The molecular formula is C25H20N2. The monoisotopic (exact) mass is 348 g/mol. The van der Waals surface area contributed by atoms with Crippen molar-refractivity contribution in [3.05, 3.63) is 108 Å². The third-order valence-electron chi connectivity index (χ3n) is 5.51. The zero-order valence-corrected chi connectivity index (χ0v) is 14.9. The number of rotatable bonds is 2. The highest BCUT2D eigenvalue weighted by molar-refractivity contribution is 5.91. The van der Waals surface area contributed by atoms with Gasteiger partial charge < -0.3 is 11.5 Å². The number of fused-ring (bicyclic) bond motifs is 3. The quantitative estimate of drug-likeness (QED) is 0.403. The van der Waals surface area contributed by atoms with E-state index in [1.807, 2.05) is 30.3 Å². The van der Waals surface area contributed by atoms with Gasteiger partial charge in [-0.2, -0.15) is 0 Å². The lowest BCUT2D eigenvalue weighted by molar-refractivity contribution is 1.02. The molecule has 1 unspecified atom stereocenters. The number of hydrogen-bond acceptors (Lipinski definition) is 2. The highest BCUT2D eigenvalue weighted by atomic mass is 14.6. The van der Waals surface area contributed by atoms with Crippen LogP contribution >= 0.6 is 0 Å². The van der Waals surface area contributed by atoms with Crippen molar-refractivity contribution in [3.8, 4) is 22.3 Å². The van der Waals surface area contributed by atoms with Crippen LogP contribution < -0.4 is 11.5 Å². The van der Waals surface area contributed by atoms with Crippen LogP contribution in [0.4, 0.5) is 11.4 Å². The Morgan fingerprint density at radius 2 is 0.963 bits per heavy atom. The molecule has 1 aliphatic carbocycles. The van der Waals surface area contributed by atoms with E-state index in [4.69, 9.17) is 11.5 Å².